The Labute approximate surface area is 118 Å². The number of carbonyl (C=O) groups excluding carboxylic acids is 1. The molecular formula is C15H18N2O3. The van der Waals surface area contributed by atoms with Gasteiger partial charge in [0, 0.05) is 19.2 Å². The van der Waals surface area contributed by atoms with E-state index in [4.69, 9.17) is 14.7 Å². The Kier molecular flexibility index (Phi) is 4.46. The monoisotopic (exact) mass is 274 g/mol. The summed E-state index contributed by atoms with van der Waals surface area (Å²) in [7, 11) is 1.53. The Balaban J connectivity index is 2.08. The van der Waals surface area contributed by atoms with E-state index < -0.39 is 6.10 Å². The number of rotatable bonds is 4. The van der Waals surface area contributed by atoms with E-state index >= 15 is 0 Å². The predicted octanol–water partition coefficient (Wildman–Crippen LogP) is 1.96. The van der Waals surface area contributed by atoms with Crippen molar-refractivity contribution in [1.82, 2.24) is 4.90 Å². The third kappa shape index (κ3) is 3.21. The molecule has 0 saturated carbocycles. The van der Waals surface area contributed by atoms with Crippen LogP contribution < -0.4 is 9.47 Å². The van der Waals surface area contributed by atoms with Crippen molar-refractivity contribution in [2.45, 2.75) is 25.9 Å². The summed E-state index contributed by atoms with van der Waals surface area (Å²) in [5.74, 6) is 1.00. The van der Waals surface area contributed by atoms with Gasteiger partial charge in [-0.15, -0.1) is 0 Å². The molecule has 1 aromatic rings. The number of nitrogens with zero attached hydrogens (tertiary/aromatic N) is 2. The summed E-state index contributed by atoms with van der Waals surface area (Å²) in [4.78, 5) is 14.0. The van der Waals surface area contributed by atoms with E-state index in [0.717, 1.165) is 25.9 Å². The average Bonchev–Trinajstić information content (AvgIpc) is 3.00. The maximum Gasteiger partial charge on any atom is 0.263 e. The summed E-state index contributed by atoms with van der Waals surface area (Å²) in [6.07, 6.45) is 1.54. The standard InChI is InChI=1S/C15H18N2O3/c1-11(15(18)17-5-3-4-6-17)20-14-8-12(10-16)7-13(9-14)19-2/h7-9,11H,3-6H2,1-2H3. The van der Waals surface area contributed by atoms with E-state index in [-0.39, 0.29) is 5.91 Å². The molecule has 0 spiro atoms. The molecule has 0 aliphatic carbocycles. The lowest BCUT2D eigenvalue weighted by atomic mass is 10.2. The summed E-state index contributed by atoms with van der Waals surface area (Å²) >= 11 is 0. The van der Waals surface area contributed by atoms with Crippen LogP contribution in [0.15, 0.2) is 18.2 Å². The zero-order valence-electron chi connectivity index (χ0n) is 11.8. The van der Waals surface area contributed by atoms with Crippen LogP contribution in [0.4, 0.5) is 0 Å². The second-order valence-electron chi connectivity index (χ2n) is 4.80. The Morgan fingerprint density at radius 1 is 1.30 bits per heavy atom. The van der Waals surface area contributed by atoms with Crippen LogP contribution in [-0.4, -0.2) is 37.1 Å². The van der Waals surface area contributed by atoms with E-state index in [9.17, 15) is 4.79 Å². The summed E-state index contributed by atoms with van der Waals surface area (Å²) in [5, 5.41) is 8.96. The highest BCUT2D eigenvalue weighted by atomic mass is 16.5. The van der Waals surface area contributed by atoms with E-state index in [1.807, 2.05) is 11.0 Å². The highest BCUT2D eigenvalue weighted by Crippen LogP contribution is 2.23. The second-order valence-corrected chi connectivity index (χ2v) is 4.80. The predicted molar refractivity (Wildman–Crippen MR) is 73.6 cm³/mol. The number of hydrogen-bond donors (Lipinski definition) is 0. The molecule has 1 unspecified atom stereocenters. The molecule has 0 N–H and O–H groups in total. The van der Waals surface area contributed by atoms with Gasteiger partial charge in [-0.1, -0.05) is 0 Å². The molecule has 1 aliphatic rings. The van der Waals surface area contributed by atoms with Gasteiger partial charge >= 0.3 is 0 Å². The molecule has 0 aromatic heterocycles. The Morgan fingerprint density at radius 2 is 1.95 bits per heavy atom. The number of carbonyl (C=O) groups is 1. The van der Waals surface area contributed by atoms with Crippen LogP contribution in [0.2, 0.25) is 0 Å². The molecule has 1 amide bonds. The Morgan fingerprint density at radius 3 is 2.55 bits per heavy atom. The maximum absolute atomic E-state index is 12.2. The molecule has 2 rings (SSSR count). The number of ether oxygens (including phenoxy) is 2. The van der Waals surface area contributed by atoms with Crippen molar-refractivity contribution in [2.24, 2.45) is 0 Å². The summed E-state index contributed by atoms with van der Waals surface area (Å²) in [6, 6.07) is 6.95. The van der Waals surface area contributed by atoms with Crippen LogP contribution in [0.3, 0.4) is 0 Å². The van der Waals surface area contributed by atoms with Crippen LogP contribution in [0.5, 0.6) is 11.5 Å². The van der Waals surface area contributed by atoms with Gasteiger partial charge in [-0.2, -0.15) is 5.26 Å². The first-order valence-corrected chi connectivity index (χ1v) is 6.68. The maximum atomic E-state index is 12.2. The van der Waals surface area contributed by atoms with Crippen molar-refractivity contribution < 1.29 is 14.3 Å². The normalized spacial score (nSPS) is 15.6. The lowest BCUT2D eigenvalue weighted by Gasteiger charge is -2.21. The number of amides is 1. The minimum atomic E-state index is -0.563. The SMILES string of the molecule is COc1cc(C#N)cc(OC(C)C(=O)N2CCCC2)c1. The van der Waals surface area contributed by atoms with Gasteiger partial charge in [-0.3, -0.25) is 4.79 Å². The lowest BCUT2D eigenvalue weighted by Crippen LogP contribution is -2.38. The number of methoxy groups -OCH3 is 1. The second kappa shape index (κ2) is 6.29. The molecule has 0 radical (unpaired) electrons. The molecule has 5 heteroatoms. The van der Waals surface area contributed by atoms with E-state index in [1.54, 1.807) is 25.1 Å². The van der Waals surface area contributed by atoms with E-state index in [1.165, 1.54) is 7.11 Å². The molecule has 1 saturated heterocycles. The van der Waals surface area contributed by atoms with Crippen LogP contribution >= 0.6 is 0 Å². The van der Waals surface area contributed by atoms with E-state index in [2.05, 4.69) is 0 Å². The summed E-state index contributed by atoms with van der Waals surface area (Å²) in [5.41, 5.74) is 0.445. The topological polar surface area (TPSA) is 62.6 Å². The zero-order chi connectivity index (χ0) is 14.5. The first-order chi connectivity index (χ1) is 9.63. The van der Waals surface area contributed by atoms with Gasteiger partial charge in [0.2, 0.25) is 0 Å². The van der Waals surface area contributed by atoms with E-state index in [0.29, 0.717) is 17.1 Å². The highest BCUT2D eigenvalue weighted by Gasteiger charge is 2.24. The highest BCUT2D eigenvalue weighted by molar-refractivity contribution is 5.81. The van der Waals surface area contributed by atoms with Gasteiger partial charge in [0.25, 0.3) is 5.91 Å². The van der Waals surface area contributed by atoms with Gasteiger partial charge in [0.15, 0.2) is 6.10 Å². The van der Waals surface area contributed by atoms with Crippen molar-refractivity contribution in [1.29, 1.82) is 5.26 Å². The van der Waals surface area contributed by atoms with Crippen molar-refractivity contribution in [3.8, 4) is 17.6 Å². The average molecular weight is 274 g/mol. The minimum absolute atomic E-state index is 0.0103. The zero-order valence-corrected chi connectivity index (χ0v) is 11.8. The van der Waals surface area contributed by atoms with Gasteiger partial charge in [-0.05, 0) is 31.9 Å². The third-order valence-corrected chi connectivity index (χ3v) is 3.32. The van der Waals surface area contributed by atoms with Crippen molar-refractivity contribution in [2.75, 3.05) is 20.2 Å². The molecule has 1 aliphatic heterocycles. The van der Waals surface area contributed by atoms with Crippen molar-refractivity contribution in [3.05, 3.63) is 23.8 Å². The molecule has 0 bridgehead atoms. The molecule has 1 heterocycles. The number of hydrogen-bond acceptors (Lipinski definition) is 4. The molecule has 1 atom stereocenters. The van der Waals surface area contributed by atoms with Gasteiger partial charge in [-0.25, -0.2) is 0 Å². The summed E-state index contributed by atoms with van der Waals surface area (Å²) in [6.45, 7) is 3.33. The fourth-order valence-electron chi connectivity index (χ4n) is 2.27. The largest absolute Gasteiger partial charge is 0.497 e. The minimum Gasteiger partial charge on any atom is -0.497 e. The van der Waals surface area contributed by atoms with Crippen LogP contribution in [0.1, 0.15) is 25.3 Å². The van der Waals surface area contributed by atoms with Crippen molar-refractivity contribution in [3.63, 3.8) is 0 Å². The van der Waals surface area contributed by atoms with Crippen LogP contribution in [0.25, 0.3) is 0 Å². The van der Waals surface area contributed by atoms with Crippen LogP contribution in [-0.2, 0) is 4.79 Å². The molecule has 1 fully saturated rings. The fraction of sp³-hybridized carbons (Fsp3) is 0.467. The number of likely N-dealkylation sites (tertiary alicyclic amines) is 1. The quantitative estimate of drug-likeness (QED) is 0.842. The lowest BCUT2D eigenvalue weighted by molar-refractivity contribution is -0.136. The van der Waals surface area contributed by atoms with Gasteiger partial charge < -0.3 is 14.4 Å². The number of benzene rings is 1. The van der Waals surface area contributed by atoms with Crippen LogP contribution in [0, 0.1) is 11.3 Å². The van der Waals surface area contributed by atoms with Crippen molar-refractivity contribution >= 4 is 5.91 Å². The summed E-state index contributed by atoms with van der Waals surface area (Å²) < 4.78 is 10.8. The molecule has 106 valence electrons. The van der Waals surface area contributed by atoms with Gasteiger partial charge in [0.05, 0.1) is 18.7 Å². The molecule has 20 heavy (non-hydrogen) atoms. The molecule has 5 nitrogen and oxygen atoms in total. The van der Waals surface area contributed by atoms with Gasteiger partial charge in [0.1, 0.15) is 11.5 Å². The Hall–Kier alpha value is -2.22. The fourth-order valence-corrected chi connectivity index (χ4v) is 2.27. The molecular weight excluding hydrogens is 256 g/mol. The Bertz CT molecular complexity index is 530. The first-order valence-electron chi connectivity index (χ1n) is 6.68. The molecule has 1 aromatic carbocycles. The smallest absolute Gasteiger partial charge is 0.263 e. The third-order valence-electron chi connectivity index (χ3n) is 3.32. The number of nitriles is 1. The first kappa shape index (κ1) is 14.2.